The summed E-state index contributed by atoms with van der Waals surface area (Å²) in [7, 11) is 0. The van der Waals surface area contributed by atoms with E-state index in [9.17, 15) is 9.18 Å². The monoisotopic (exact) mass is 423 g/mol. The maximum absolute atomic E-state index is 13.2. The molecule has 1 atom stereocenters. The normalized spacial score (nSPS) is 25.9. The van der Waals surface area contributed by atoms with Crippen molar-refractivity contribution >= 4 is 11.8 Å². The Morgan fingerprint density at radius 1 is 0.839 bits per heavy atom. The van der Waals surface area contributed by atoms with Gasteiger partial charge < -0.3 is 19.4 Å². The predicted molar refractivity (Wildman–Crippen MR) is 120 cm³/mol. The fourth-order valence-corrected chi connectivity index (χ4v) is 5.12. The van der Waals surface area contributed by atoms with E-state index in [0.717, 1.165) is 68.8 Å². The molecule has 0 N–H and O–H groups in total. The van der Waals surface area contributed by atoms with E-state index in [1.165, 1.54) is 12.1 Å². The van der Waals surface area contributed by atoms with Crippen LogP contribution in [0, 0.1) is 11.7 Å². The second-order valence-corrected chi connectivity index (χ2v) is 8.92. The van der Waals surface area contributed by atoms with Crippen molar-refractivity contribution in [2.75, 3.05) is 50.7 Å². The molecule has 164 valence electrons. The fourth-order valence-electron chi connectivity index (χ4n) is 5.12. The number of fused-ring (bicyclic) bond motifs is 4. The molecule has 4 aliphatic heterocycles. The van der Waals surface area contributed by atoms with Gasteiger partial charge in [0.15, 0.2) is 0 Å². The molecule has 6 heteroatoms. The number of nitrogens with zero attached hydrogens (tertiary/aromatic N) is 3. The first-order valence-electron chi connectivity index (χ1n) is 11.4. The highest BCUT2D eigenvalue weighted by Gasteiger charge is 2.34. The van der Waals surface area contributed by atoms with Gasteiger partial charge in [-0.2, -0.15) is 0 Å². The zero-order chi connectivity index (χ0) is 21.2. The summed E-state index contributed by atoms with van der Waals surface area (Å²) in [6.45, 7) is 6.25. The Morgan fingerprint density at radius 2 is 1.55 bits per heavy atom. The van der Waals surface area contributed by atoms with Crippen molar-refractivity contribution < 1.29 is 13.9 Å². The molecule has 1 unspecified atom stereocenters. The lowest BCUT2D eigenvalue weighted by Crippen LogP contribution is -2.50. The van der Waals surface area contributed by atoms with Crippen LogP contribution < -0.4 is 4.90 Å². The molecule has 0 radical (unpaired) electrons. The summed E-state index contributed by atoms with van der Waals surface area (Å²) in [4.78, 5) is 19.5. The smallest absolute Gasteiger partial charge is 0.410 e. The summed E-state index contributed by atoms with van der Waals surface area (Å²) in [5, 5.41) is 0. The van der Waals surface area contributed by atoms with Crippen LogP contribution in [-0.4, -0.2) is 67.8 Å². The van der Waals surface area contributed by atoms with Crippen LogP contribution >= 0.6 is 0 Å². The molecule has 6 rings (SSSR count). The van der Waals surface area contributed by atoms with Gasteiger partial charge in [-0.15, -0.1) is 0 Å². The van der Waals surface area contributed by atoms with Crippen LogP contribution in [0.3, 0.4) is 0 Å². The van der Waals surface area contributed by atoms with E-state index in [-0.39, 0.29) is 18.0 Å². The summed E-state index contributed by atoms with van der Waals surface area (Å²) in [5.74, 6) is 0.301. The first kappa shape index (κ1) is 20.3. The second kappa shape index (κ2) is 8.87. The minimum atomic E-state index is -0.225. The van der Waals surface area contributed by atoms with E-state index >= 15 is 0 Å². The Morgan fingerprint density at radius 3 is 2.29 bits per heavy atom. The minimum Gasteiger partial charge on any atom is -0.446 e. The van der Waals surface area contributed by atoms with E-state index in [4.69, 9.17) is 4.74 Å². The van der Waals surface area contributed by atoms with E-state index in [2.05, 4.69) is 21.9 Å². The molecule has 4 heterocycles. The molecule has 4 aliphatic rings. The summed E-state index contributed by atoms with van der Waals surface area (Å²) < 4.78 is 19.2. The van der Waals surface area contributed by atoms with Gasteiger partial charge in [0.2, 0.25) is 0 Å². The van der Waals surface area contributed by atoms with Gasteiger partial charge in [0.25, 0.3) is 0 Å². The van der Waals surface area contributed by atoms with Gasteiger partial charge in [-0.25, -0.2) is 9.18 Å². The largest absolute Gasteiger partial charge is 0.446 e. The predicted octanol–water partition coefficient (Wildman–Crippen LogP) is 4.24. The highest BCUT2D eigenvalue weighted by molar-refractivity contribution is 5.70. The van der Waals surface area contributed by atoms with Crippen LogP contribution in [0.4, 0.5) is 14.9 Å². The number of halogens is 1. The number of hydrogen-bond acceptors (Lipinski definition) is 4. The molecule has 2 bridgehead atoms. The molecule has 5 nitrogen and oxygen atoms in total. The molecule has 0 saturated carbocycles. The van der Waals surface area contributed by atoms with Crippen molar-refractivity contribution in [3.8, 4) is 11.1 Å². The number of carbonyl (C=O) groups excluding carboxylic acids is 1. The Balaban J connectivity index is 1.18. The highest BCUT2D eigenvalue weighted by atomic mass is 19.1. The second-order valence-electron chi connectivity index (χ2n) is 8.92. The van der Waals surface area contributed by atoms with Gasteiger partial charge in [0, 0.05) is 38.4 Å². The van der Waals surface area contributed by atoms with Gasteiger partial charge >= 0.3 is 6.09 Å². The van der Waals surface area contributed by atoms with Crippen molar-refractivity contribution in [2.45, 2.75) is 25.4 Å². The molecule has 31 heavy (non-hydrogen) atoms. The minimum absolute atomic E-state index is 0.0745. The Kier molecular flexibility index (Phi) is 5.81. The Bertz CT molecular complexity index is 903. The van der Waals surface area contributed by atoms with Crippen LogP contribution in [0.1, 0.15) is 19.3 Å². The lowest BCUT2D eigenvalue weighted by molar-refractivity contribution is 0.0301. The third-order valence-corrected chi connectivity index (χ3v) is 7.07. The van der Waals surface area contributed by atoms with Gasteiger partial charge in [-0.3, -0.25) is 0 Å². The molecule has 0 aliphatic carbocycles. The molecule has 4 fully saturated rings. The van der Waals surface area contributed by atoms with Gasteiger partial charge in [0.1, 0.15) is 11.9 Å². The van der Waals surface area contributed by atoms with Crippen molar-refractivity contribution in [3.63, 3.8) is 0 Å². The third kappa shape index (κ3) is 4.54. The average Bonchev–Trinajstić information content (AvgIpc) is 3.13. The van der Waals surface area contributed by atoms with Gasteiger partial charge in [0.05, 0.1) is 0 Å². The highest BCUT2D eigenvalue weighted by Crippen LogP contribution is 2.30. The first-order valence-corrected chi connectivity index (χ1v) is 11.4. The molecule has 2 aromatic carbocycles. The summed E-state index contributed by atoms with van der Waals surface area (Å²) in [6, 6.07) is 14.9. The van der Waals surface area contributed by atoms with Gasteiger partial charge in [-0.1, -0.05) is 24.3 Å². The number of piperidine rings is 1. The summed E-state index contributed by atoms with van der Waals surface area (Å²) >= 11 is 0. The van der Waals surface area contributed by atoms with Crippen molar-refractivity contribution in [1.82, 2.24) is 9.80 Å². The van der Waals surface area contributed by atoms with Crippen molar-refractivity contribution in [3.05, 3.63) is 54.3 Å². The lowest BCUT2D eigenvalue weighted by Gasteiger charge is -2.37. The van der Waals surface area contributed by atoms with E-state index in [1.807, 2.05) is 17.0 Å². The number of piperazine rings is 1. The molecule has 0 spiro atoms. The van der Waals surface area contributed by atoms with Crippen LogP contribution in [0.5, 0.6) is 0 Å². The maximum Gasteiger partial charge on any atom is 0.410 e. The average molecular weight is 424 g/mol. The van der Waals surface area contributed by atoms with E-state index in [1.54, 1.807) is 12.1 Å². The fraction of sp³-hybridized carbons (Fsp3) is 0.480. The molecule has 0 aromatic heterocycles. The Hall–Kier alpha value is -2.60. The number of benzene rings is 2. The zero-order valence-electron chi connectivity index (χ0n) is 17.9. The van der Waals surface area contributed by atoms with Gasteiger partial charge in [-0.05, 0) is 73.7 Å². The maximum atomic E-state index is 13.2. The molecule has 1 amide bonds. The van der Waals surface area contributed by atoms with Crippen LogP contribution in [0.15, 0.2) is 48.5 Å². The quantitative estimate of drug-likeness (QED) is 0.740. The van der Waals surface area contributed by atoms with Crippen molar-refractivity contribution in [1.29, 1.82) is 0 Å². The number of anilines is 1. The van der Waals surface area contributed by atoms with E-state index in [0.29, 0.717) is 19.0 Å². The zero-order valence-corrected chi connectivity index (χ0v) is 17.9. The molecular weight excluding hydrogens is 393 g/mol. The third-order valence-electron chi connectivity index (χ3n) is 7.07. The van der Waals surface area contributed by atoms with Crippen LogP contribution in [-0.2, 0) is 4.74 Å². The number of hydrogen-bond donors (Lipinski definition) is 0. The summed E-state index contributed by atoms with van der Waals surface area (Å²) in [6.07, 6.45) is 3.19. The topological polar surface area (TPSA) is 36.0 Å². The number of amides is 1. The molecule has 4 saturated heterocycles. The number of rotatable bonds is 3. The van der Waals surface area contributed by atoms with E-state index < -0.39 is 0 Å². The van der Waals surface area contributed by atoms with Crippen LogP contribution in [0.25, 0.3) is 11.1 Å². The van der Waals surface area contributed by atoms with Crippen LogP contribution in [0.2, 0.25) is 0 Å². The lowest BCUT2D eigenvalue weighted by atomic mass is 9.93. The molecular formula is C25H30FN3O2. The van der Waals surface area contributed by atoms with Crippen molar-refractivity contribution in [2.24, 2.45) is 5.92 Å². The standard InChI is InChI=1S/C25H30FN3O2/c26-22-6-4-19(5-7-22)21-2-1-3-23(18-21)28-14-16-29(17-15-28)25(30)31-24-10-13-27-11-8-20(24)9-12-27/h1-7,18,20,24H,8-17H2. The molecule has 2 aromatic rings. The first-order chi connectivity index (χ1) is 15.2. The number of ether oxygens (including phenoxy) is 1. The number of carbonyl (C=O) groups is 1. The SMILES string of the molecule is O=C(OC1CCN2CCC1CC2)N1CCN(c2cccc(-c3ccc(F)cc3)c2)CC1. The summed E-state index contributed by atoms with van der Waals surface area (Å²) in [5.41, 5.74) is 3.20. The Labute approximate surface area is 183 Å².